The molecule has 346 valence electrons. The molecule has 0 spiro atoms. The van der Waals surface area contributed by atoms with Crippen molar-refractivity contribution in [1.29, 1.82) is 0 Å². The van der Waals surface area contributed by atoms with Crippen LogP contribution in [-0.4, -0.2) is 49.0 Å². The molecule has 8 aromatic carbocycles. The molecule has 0 saturated carbocycles. The lowest BCUT2D eigenvalue weighted by Gasteiger charge is -2.13. The van der Waals surface area contributed by atoms with Crippen LogP contribution >= 0.6 is 0 Å². The van der Waals surface area contributed by atoms with Crippen molar-refractivity contribution < 1.29 is 0 Å². The summed E-state index contributed by atoms with van der Waals surface area (Å²) in [5.74, 6) is 3.37. The van der Waals surface area contributed by atoms with Gasteiger partial charge in [0.1, 0.15) is 0 Å². The first-order chi connectivity index (χ1) is 36.7. The molecule has 0 aliphatic rings. The van der Waals surface area contributed by atoms with Crippen LogP contribution in [0, 0.1) is 0 Å². The van der Waals surface area contributed by atoms with Gasteiger partial charge in [-0.05, 0) is 36.4 Å². The van der Waals surface area contributed by atoms with Gasteiger partial charge in [-0.1, -0.05) is 206 Å². The van der Waals surface area contributed by atoms with Gasteiger partial charge in [0.05, 0.1) is 44.8 Å². The fourth-order valence-electron chi connectivity index (χ4n) is 10.1. The predicted octanol–water partition coefficient (Wildman–Crippen LogP) is 14.7. The van der Waals surface area contributed by atoms with E-state index < -0.39 is 0 Å². The maximum atomic E-state index is 5.41. The van der Waals surface area contributed by atoms with Crippen molar-refractivity contribution in [3.63, 3.8) is 0 Å². The van der Waals surface area contributed by atoms with E-state index >= 15 is 0 Å². The first kappa shape index (κ1) is 42.5. The average Bonchev–Trinajstić information content (AvgIpc) is 4.01. The van der Waals surface area contributed by atoms with Crippen molar-refractivity contribution in [3.05, 3.63) is 243 Å². The normalized spacial score (nSPS) is 11.5. The highest BCUT2D eigenvalue weighted by atomic mass is 15.2. The summed E-state index contributed by atoms with van der Waals surface area (Å²) < 4.78 is 4.32. The first-order valence-corrected chi connectivity index (χ1v) is 24.4. The predicted molar refractivity (Wildman–Crippen MR) is 296 cm³/mol. The Morgan fingerprint density at radius 1 is 0.216 bits per heavy atom. The number of hydrogen-bond donors (Lipinski definition) is 0. The third kappa shape index (κ3) is 7.36. The van der Waals surface area contributed by atoms with Crippen LogP contribution in [0.15, 0.2) is 243 Å². The number of benzene rings is 8. The van der Waals surface area contributed by atoms with Crippen LogP contribution in [0.5, 0.6) is 0 Å². The topological polar surface area (TPSA) is 113 Å². The molecular formula is C64H40N10. The Labute approximate surface area is 424 Å². The van der Waals surface area contributed by atoms with E-state index in [0.29, 0.717) is 35.2 Å². The van der Waals surface area contributed by atoms with E-state index in [9.17, 15) is 0 Å². The summed E-state index contributed by atoms with van der Waals surface area (Å²) in [6.45, 7) is 0. The monoisotopic (exact) mass is 948 g/mol. The van der Waals surface area contributed by atoms with Gasteiger partial charge in [0, 0.05) is 54.9 Å². The summed E-state index contributed by atoms with van der Waals surface area (Å²) in [6.07, 6.45) is 0. The quantitative estimate of drug-likeness (QED) is 0.141. The lowest BCUT2D eigenvalue weighted by Crippen LogP contribution is -2.07. The van der Waals surface area contributed by atoms with Crippen LogP contribution in [0.25, 0.3) is 135 Å². The minimum Gasteiger partial charge on any atom is -0.277 e. The van der Waals surface area contributed by atoms with E-state index in [2.05, 4.69) is 118 Å². The standard InChI is InChI=1S/C64H40N10/c1-5-21-41(22-6-1)59-67-60(42-23-7-2-8-24-42)70-63(69-59)73-55-39-15-13-29-45(55)47-31-17-33-49(57(47)73)51-35-19-37-53(65-51)54-38-20-36-52(66-54)50-34-18-32-48-46-30-14-16-40-56(46)74(58(48)50)64-71-61(43-25-9-3-10-26-43)68-62(72-64)44-27-11-4-12-28-44/h1-40H. The van der Waals surface area contributed by atoms with Gasteiger partial charge in [-0.25, -0.2) is 19.9 Å². The molecule has 0 bridgehead atoms. The van der Waals surface area contributed by atoms with Gasteiger partial charge in [-0.2, -0.15) is 19.9 Å². The number of nitrogens with zero attached hydrogens (tertiary/aromatic N) is 10. The number of para-hydroxylation sites is 4. The molecule has 14 aromatic rings. The molecule has 74 heavy (non-hydrogen) atoms. The second-order valence-electron chi connectivity index (χ2n) is 18.0. The van der Waals surface area contributed by atoms with E-state index in [1.807, 2.05) is 133 Å². The minimum atomic E-state index is 0.512. The Bertz CT molecular complexity index is 4020. The molecule has 10 nitrogen and oxygen atoms in total. The molecule has 0 unspecified atom stereocenters. The van der Waals surface area contributed by atoms with Gasteiger partial charge >= 0.3 is 0 Å². The molecule has 0 fully saturated rings. The Hall–Kier alpha value is -10.3. The lowest BCUT2D eigenvalue weighted by atomic mass is 10.0. The number of aromatic nitrogens is 10. The Balaban J connectivity index is 0.928. The fourth-order valence-corrected chi connectivity index (χ4v) is 10.1. The van der Waals surface area contributed by atoms with Crippen molar-refractivity contribution in [2.24, 2.45) is 0 Å². The molecule has 0 amide bonds. The highest BCUT2D eigenvalue weighted by Crippen LogP contribution is 2.40. The van der Waals surface area contributed by atoms with Crippen LogP contribution < -0.4 is 0 Å². The lowest BCUT2D eigenvalue weighted by molar-refractivity contribution is 0.953. The second-order valence-corrected chi connectivity index (χ2v) is 18.0. The second kappa shape index (κ2) is 17.8. The molecule has 0 atom stereocenters. The van der Waals surface area contributed by atoms with E-state index in [0.717, 1.165) is 99.8 Å². The van der Waals surface area contributed by atoms with Crippen molar-refractivity contribution >= 4 is 43.6 Å². The number of rotatable bonds is 9. The summed E-state index contributed by atoms with van der Waals surface area (Å²) >= 11 is 0. The molecule has 10 heteroatoms. The molecule has 0 N–H and O–H groups in total. The number of pyridine rings is 2. The fraction of sp³-hybridized carbons (Fsp3) is 0. The van der Waals surface area contributed by atoms with Crippen LogP contribution in [-0.2, 0) is 0 Å². The maximum absolute atomic E-state index is 5.41. The zero-order valence-corrected chi connectivity index (χ0v) is 39.6. The highest BCUT2D eigenvalue weighted by Gasteiger charge is 2.23. The summed E-state index contributed by atoms with van der Waals surface area (Å²) in [4.78, 5) is 41.7. The van der Waals surface area contributed by atoms with Gasteiger partial charge in [-0.3, -0.25) is 9.13 Å². The molecule has 6 heterocycles. The minimum absolute atomic E-state index is 0.512. The van der Waals surface area contributed by atoms with Gasteiger partial charge in [0.25, 0.3) is 0 Å². The smallest absolute Gasteiger partial charge is 0.238 e. The zero-order chi connectivity index (χ0) is 49.0. The molecule has 0 saturated heterocycles. The van der Waals surface area contributed by atoms with E-state index in [1.54, 1.807) is 0 Å². The molecule has 6 aromatic heterocycles. The molecule has 14 rings (SSSR count). The van der Waals surface area contributed by atoms with E-state index in [-0.39, 0.29) is 0 Å². The van der Waals surface area contributed by atoms with Crippen molar-refractivity contribution in [3.8, 4) is 91.4 Å². The summed E-state index contributed by atoms with van der Waals surface area (Å²) in [5.41, 5.74) is 12.3. The summed E-state index contributed by atoms with van der Waals surface area (Å²) in [7, 11) is 0. The van der Waals surface area contributed by atoms with Crippen LogP contribution in [0.1, 0.15) is 0 Å². The molecule has 0 aliphatic heterocycles. The Kier molecular flexibility index (Phi) is 10.2. The zero-order valence-electron chi connectivity index (χ0n) is 39.6. The van der Waals surface area contributed by atoms with Gasteiger partial charge in [0.15, 0.2) is 23.3 Å². The van der Waals surface area contributed by atoms with Gasteiger partial charge < -0.3 is 0 Å². The first-order valence-electron chi connectivity index (χ1n) is 24.4. The molecular weight excluding hydrogens is 909 g/mol. The molecule has 0 aliphatic carbocycles. The van der Waals surface area contributed by atoms with Crippen molar-refractivity contribution in [2.45, 2.75) is 0 Å². The SMILES string of the molecule is c1ccc(-c2nc(-c3ccccc3)nc(-n3c4ccccc4c4cccc(-c5cccc(-c6cccc(-c7cccc8c9ccccc9n(-c9nc(-c%10ccccc%10)nc(-c%10ccccc%10)n9)c78)n6)n5)c43)n2)cc1. The van der Waals surface area contributed by atoms with Crippen LogP contribution in [0.2, 0.25) is 0 Å². The highest BCUT2D eigenvalue weighted by molar-refractivity contribution is 6.14. The van der Waals surface area contributed by atoms with Crippen LogP contribution in [0.3, 0.4) is 0 Å². The van der Waals surface area contributed by atoms with Crippen molar-refractivity contribution in [2.75, 3.05) is 0 Å². The van der Waals surface area contributed by atoms with E-state index in [4.69, 9.17) is 39.9 Å². The van der Waals surface area contributed by atoms with Gasteiger partial charge in [0.2, 0.25) is 11.9 Å². The average molecular weight is 949 g/mol. The van der Waals surface area contributed by atoms with E-state index in [1.165, 1.54) is 0 Å². The van der Waals surface area contributed by atoms with Crippen LogP contribution in [0.4, 0.5) is 0 Å². The summed E-state index contributed by atoms with van der Waals surface area (Å²) in [6, 6.07) is 82.1. The number of fused-ring (bicyclic) bond motifs is 6. The van der Waals surface area contributed by atoms with Gasteiger partial charge in [-0.15, -0.1) is 0 Å². The Morgan fingerprint density at radius 2 is 0.514 bits per heavy atom. The third-order valence-corrected chi connectivity index (χ3v) is 13.5. The largest absolute Gasteiger partial charge is 0.277 e. The Morgan fingerprint density at radius 3 is 0.878 bits per heavy atom. The third-order valence-electron chi connectivity index (χ3n) is 13.5. The van der Waals surface area contributed by atoms with Crippen molar-refractivity contribution in [1.82, 2.24) is 49.0 Å². The maximum Gasteiger partial charge on any atom is 0.238 e. The summed E-state index contributed by atoms with van der Waals surface area (Å²) in [5, 5.41) is 4.27. The number of hydrogen-bond acceptors (Lipinski definition) is 8. The molecule has 0 radical (unpaired) electrons.